The lowest BCUT2D eigenvalue weighted by molar-refractivity contribution is -0.157. The maximum atomic E-state index is 11.7. The number of methoxy groups -OCH3 is 1. The molecule has 0 aliphatic heterocycles. The number of phenolic OH excluding ortho intramolecular Hbond substituents is 1. The maximum absolute atomic E-state index is 11.7. The lowest BCUT2D eigenvalue weighted by atomic mass is 10.1. The molecule has 0 heterocycles. The van der Waals surface area contributed by atoms with Crippen LogP contribution in [-0.4, -0.2) is 30.4 Å². The highest BCUT2D eigenvalue weighted by atomic mass is 16.6. The number of hydrogen-bond donors (Lipinski definition) is 1. The van der Waals surface area contributed by atoms with E-state index in [4.69, 9.17) is 9.47 Å². The Bertz CT molecular complexity index is 403. The number of hydrogen-bond acceptors (Lipinski definition) is 4. The van der Waals surface area contributed by atoms with Crippen molar-refractivity contribution in [2.75, 3.05) is 7.11 Å². The monoisotopic (exact) mass is 266 g/mol. The van der Waals surface area contributed by atoms with E-state index in [0.29, 0.717) is 6.42 Å². The molecule has 0 aliphatic carbocycles. The predicted octanol–water partition coefficient (Wildman–Crippen LogP) is 2.68. The van der Waals surface area contributed by atoms with Crippen LogP contribution in [0.5, 0.6) is 5.75 Å². The Balaban J connectivity index is 2.71. The van der Waals surface area contributed by atoms with Gasteiger partial charge in [0, 0.05) is 6.42 Å². The number of benzene rings is 1. The van der Waals surface area contributed by atoms with Gasteiger partial charge in [0.15, 0.2) is 6.10 Å². The fourth-order valence-corrected chi connectivity index (χ4v) is 1.97. The smallest absolute Gasteiger partial charge is 0.335 e. The van der Waals surface area contributed by atoms with Gasteiger partial charge in [0.2, 0.25) is 0 Å². The van der Waals surface area contributed by atoms with Gasteiger partial charge in [0.25, 0.3) is 0 Å². The van der Waals surface area contributed by atoms with Crippen molar-refractivity contribution in [2.45, 2.75) is 45.3 Å². The van der Waals surface area contributed by atoms with Crippen LogP contribution < -0.4 is 0 Å². The molecule has 1 aromatic carbocycles. The molecule has 0 fully saturated rings. The molecule has 19 heavy (non-hydrogen) atoms. The summed E-state index contributed by atoms with van der Waals surface area (Å²) in [5.41, 5.74) is 0.846. The van der Waals surface area contributed by atoms with Gasteiger partial charge >= 0.3 is 5.97 Å². The molecule has 0 radical (unpaired) electrons. The Labute approximate surface area is 114 Å². The van der Waals surface area contributed by atoms with Crippen LogP contribution in [-0.2, 0) is 20.7 Å². The normalized spacial score (nSPS) is 13.8. The SMILES string of the molecule is CCCC(C)OC(Cc1cccc(O)c1)C(=O)OC. The van der Waals surface area contributed by atoms with E-state index in [9.17, 15) is 9.90 Å². The number of aromatic hydroxyl groups is 1. The summed E-state index contributed by atoms with van der Waals surface area (Å²) >= 11 is 0. The molecule has 0 bridgehead atoms. The summed E-state index contributed by atoms with van der Waals surface area (Å²) in [4.78, 5) is 11.7. The molecule has 0 amide bonds. The molecule has 2 unspecified atom stereocenters. The number of rotatable bonds is 7. The van der Waals surface area contributed by atoms with Gasteiger partial charge in [-0.05, 0) is 31.0 Å². The van der Waals surface area contributed by atoms with E-state index in [1.54, 1.807) is 18.2 Å². The zero-order valence-electron chi connectivity index (χ0n) is 11.8. The molecule has 0 saturated carbocycles. The summed E-state index contributed by atoms with van der Waals surface area (Å²) in [6, 6.07) is 6.82. The van der Waals surface area contributed by atoms with Gasteiger partial charge in [0.1, 0.15) is 5.75 Å². The molecule has 0 aromatic heterocycles. The molecule has 0 saturated heterocycles. The molecular weight excluding hydrogens is 244 g/mol. The zero-order valence-corrected chi connectivity index (χ0v) is 11.8. The van der Waals surface area contributed by atoms with Crippen molar-refractivity contribution in [2.24, 2.45) is 0 Å². The average Bonchev–Trinajstić information content (AvgIpc) is 2.37. The van der Waals surface area contributed by atoms with Crippen LogP contribution in [0.3, 0.4) is 0 Å². The lowest BCUT2D eigenvalue weighted by Crippen LogP contribution is -2.31. The highest BCUT2D eigenvalue weighted by Crippen LogP contribution is 2.16. The van der Waals surface area contributed by atoms with Gasteiger partial charge in [0.05, 0.1) is 13.2 Å². The number of carbonyl (C=O) groups is 1. The molecule has 106 valence electrons. The van der Waals surface area contributed by atoms with Crippen molar-refractivity contribution in [1.82, 2.24) is 0 Å². The first-order valence-electron chi connectivity index (χ1n) is 6.58. The van der Waals surface area contributed by atoms with Crippen molar-refractivity contribution in [3.05, 3.63) is 29.8 Å². The van der Waals surface area contributed by atoms with Crippen LogP contribution in [0.15, 0.2) is 24.3 Å². The Morgan fingerprint density at radius 2 is 2.16 bits per heavy atom. The first-order valence-corrected chi connectivity index (χ1v) is 6.58. The van der Waals surface area contributed by atoms with Crippen molar-refractivity contribution >= 4 is 5.97 Å². The number of ether oxygens (including phenoxy) is 2. The topological polar surface area (TPSA) is 55.8 Å². The second-order valence-electron chi connectivity index (χ2n) is 4.62. The van der Waals surface area contributed by atoms with Crippen LogP contribution >= 0.6 is 0 Å². The molecule has 4 heteroatoms. The Hall–Kier alpha value is -1.55. The number of carbonyl (C=O) groups excluding carboxylic acids is 1. The number of phenols is 1. The molecular formula is C15H22O4. The largest absolute Gasteiger partial charge is 0.508 e. The summed E-state index contributed by atoms with van der Waals surface area (Å²) in [5, 5.41) is 9.43. The Morgan fingerprint density at radius 3 is 2.74 bits per heavy atom. The second kappa shape index (κ2) is 7.79. The summed E-state index contributed by atoms with van der Waals surface area (Å²) < 4.78 is 10.5. The first kappa shape index (κ1) is 15.5. The van der Waals surface area contributed by atoms with Crippen molar-refractivity contribution in [3.8, 4) is 5.75 Å². The highest BCUT2D eigenvalue weighted by molar-refractivity contribution is 5.75. The van der Waals surface area contributed by atoms with Crippen molar-refractivity contribution < 1.29 is 19.4 Å². The third-order valence-corrected chi connectivity index (χ3v) is 2.89. The van der Waals surface area contributed by atoms with E-state index in [1.807, 2.05) is 13.0 Å². The minimum absolute atomic E-state index is 0.00593. The van der Waals surface area contributed by atoms with Crippen LogP contribution in [0.2, 0.25) is 0 Å². The van der Waals surface area contributed by atoms with Crippen LogP contribution in [0, 0.1) is 0 Å². The van der Waals surface area contributed by atoms with E-state index >= 15 is 0 Å². The fourth-order valence-electron chi connectivity index (χ4n) is 1.97. The summed E-state index contributed by atoms with van der Waals surface area (Å²) in [5.74, 6) is -0.200. The van der Waals surface area contributed by atoms with Crippen molar-refractivity contribution in [1.29, 1.82) is 0 Å². The summed E-state index contributed by atoms with van der Waals surface area (Å²) in [6.07, 6.45) is 1.67. The average molecular weight is 266 g/mol. The van der Waals surface area contributed by atoms with Crippen LogP contribution in [0.25, 0.3) is 0 Å². The Kier molecular flexibility index (Phi) is 6.36. The molecule has 2 atom stereocenters. The molecule has 0 aliphatic rings. The minimum atomic E-state index is -0.631. The van der Waals surface area contributed by atoms with E-state index in [1.165, 1.54) is 7.11 Å². The van der Waals surface area contributed by atoms with Gasteiger partial charge in [-0.3, -0.25) is 0 Å². The maximum Gasteiger partial charge on any atom is 0.335 e. The third kappa shape index (κ3) is 5.30. The van der Waals surface area contributed by atoms with E-state index in [2.05, 4.69) is 6.92 Å². The van der Waals surface area contributed by atoms with E-state index in [-0.39, 0.29) is 17.8 Å². The molecule has 1 aromatic rings. The van der Waals surface area contributed by atoms with Crippen molar-refractivity contribution in [3.63, 3.8) is 0 Å². The molecule has 0 spiro atoms. The minimum Gasteiger partial charge on any atom is -0.508 e. The standard InChI is InChI=1S/C15H22O4/c1-4-6-11(2)19-14(15(17)18-3)10-12-7-5-8-13(16)9-12/h5,7-9,11,14,16H,4,6,10H2,1-3H3. The van der Waals surface area contributed by atoms with Gasteiger partial charge < -0.3 is 14.6 Å². The van der Waals surface area contributed by atoms with Gasteiger partial charge in [-0.1, -0.05) is 25.5 Å². The molecule has 1 rings (SSSR count). The van der Waals surface area contributed by atoms with Crippen LogP contribution in [0.1, 0.15) is 32.3 Å². The van der Waals surface area contributed by atoms with Crippen LogP contribution in [0.4, 0.5) is 0 Å². The molecule has 4 nitrogen and oxygen atoms in total. The first-order chi connectivity index (χ1) is 9.06. The predicted molar refractivity (Wildman–Crippen MR) is 73.1 cm³/mol. The van der Waals surface area contributed by atoms with Gasteiger partial charge in [-0.25, -0.2) is 4.79 Å². The zero-order chi connectivity index (χ0) is 14.3. The number of esters is 1. The molecule has 1 N–H and O–H groups in total. The van der Waals surface area contributed by atoms with E-state index in [0.717, 1.165) is 18.4 Å². The van der Waals surface area contributed by atoms with E-state index < -0.39 is 6.10 Å². The summed E-state index contributed by atoms with van der Waals surface area (Å²) in [7, 11) is 1.35. The van der Waals surface area contributed by atoms with Gasteiger partial charge in [-0.15, -0.1) is 0 Å². The highest BCUT2D eigenvalue weighted by Gasteiger charge is 2.22. The lowest BCUT2D eigenvalue weighted by Gasteiger charge is -2.20. The summed E-state index contributed by atoms with van der Waals surface area (Å²) in [6.45, 7) is 4.02. The quantitative estimate of drug-likeness (QED) is 0.771. The third-order valence-electron chi connectivity index (χ3n) is 2.89. The van der Waals surface area contributed by atoms with Gasteiger partial charge in [-0.2, -0.15) is 0 Å². The second-order valence-corrected chi connectivity index (χ2v) is 4.62. The fraction of sp³-hybridized carbons (Fsp3) is 0.533. The Morgan fingerprint density at radius 1 is 1.42 bits per heavy atom.